The Bertz CT molecular complexity index is 1670. The topological polar surface area (TPSA) is 86.8 Å². The normalized spacial score (nSPS) is 11.9. The quantitative estimate of drug-likeness (QED) is 0.218. The molecular formula is C33H33ClFN3O4S. The molecule has 4 aromatic carbocycles. The second-order valence-electron chi connectivity index (χ2n) is 9.97. The Kier molecular flexibility index (Phi) is 10.6. The fourth-order valence-electron chi connectivity index (χ4n) is 4.74. The summed E-state index contributed by atoms with van der Waals surface area (Å²) in [5, 5.41) is 3.07. The molecule has 4 rings (SSSR count). The zero-order chi connectivity index (χ0) is 31.0. The zero-order valence-corrected chi connectivity index (χ0v) is 25.5. The number of halogens is 2. The summed E-state index contributed by atoms with van der Waals surface area (Å²) in [6.45, 7) is 2.87. The lowest BCUT2D eigenvalue weighted by Crippen LogP contribution is -2.53. The van der Waals surface area contributed by atoms with Gasteiger partial charge in [-0.15, -0.1) is 0 Å². The van der Waals surface area contributed by atoms with Gasteiger partial charge in [0, 0.05) is 30.1 Å². The third kappa shape index (κ3) is 7.80. The third-order valence-corrected chi connectivity index (χ3v) is 8.98. The van der Waals surface area contributed by atoms with Crippen LogP contribution in [-0.4, -0.2) is 44.3 Å². The van der Waals surface area contributed by atoms with Crippen LogP contribution in [0.1, 0.15) is 23.6 Å². The molecule has 0 aromatic heterocycles. The molecule has 0 radical (unpaired) electrons. The SMILES string of the molecule is CCNC(=O)[C@@H](Cc1ccccc1)N(Cc1ccccc1F)C(=O)CN(c1cc(Cl)ccc1C)S(=O)(=O)c1ccccc1. The van der Waals surface area contributed by atoms with Gasteiger partial charge in [-0.2, -0.15) is 0 Å². The predicted molar refractivity (Wildman–Crippen MR) is 167 cm³/mol. The summed E-state index contributed by atoms with van der Waals surface area (Å²) in [7, 11) is -4.27. The molecule has 0 aliphatic heterocycles. The second-order valence-corrected chi connectivity index (χ2v) is 12.3. The minimum Gasteiger partial charge on any atom is -0.355 e. The molecule has 0 saturated heterocycles. The molecule has 224 valence electrons. The second kappa shape index (κ2) is 14.3. The number of aryl methyl sites for hydroxylation is 1. The minimum atomic E-state index is -4.27. The van der Waals surface area contributed by atoms with Crippen LogP contribution in [0.5, 0.6) is 0 Å². The Morgan fingerprint density at radius 2 is 1.53 bits per heavy atom. The molecule has 0 aliphatic carbocycles. The van der Waals surface area contributed by atoms with E-state index in [1.54, 1.807) is 50.2 Å². The van der Waals surface area contributed by atoms with E-state index in [9.17, 15) is 22.4 Å². The van der Waals surface area contributed by atoms with Crippen LogP contribution in [0.2, 0.25) is 5.02 Å². The van der Waals surface area contributed by atoms with E-state index in [0.717, 1.165) is 9.87 Å². The molecule has 0 spiro atoms. The van der Waals surface area contributed by atoms with Crippen LogP contribution in [0.4, 0.5) is 10.1 Å². The molecule has 1 atom stereocenters. The molecule has 0 heterocycles. The smallest absolute Gasteiger partial charge is 0.264 e. The molecular weight excluding hydrogens is 589 g/mol. The van der Waals surface area contributed by atoms with Crippen LogP contribution < -0.4 is 9.62 Å². The summed E-state index contributed by atoms with van der Waals surface area (Å²) in [4.78, 5) is 29.1. The molecule has 43 heavy (non-hydrogen) atoms. The van der Waals surface area contributed by atoms with Gasteiger partial charge in [-0.25, -0.2) is 12.8 Å². The van der Waals surface area contributed by atoms with Crippen LogP contribution in [-0.2, 0) is 32.6 Å². The lowest BCUT2D eigenvalue weighted by atomic mass is 10.0. The maximum Gasteiger partial charge on any atom is 0.264 e. The van der Waals surface area contributed by atoms with Crippen LogP contribution in [0, 0.1) is 12.7 Å². The van der Waals surface area contributed by atoms with Gasteiger partial charge in [-0.1, -0.05) is 84.4 Å². The molecule has 0 fully saturated rings. The largest absolute Gasteiger partial charge is 0.355 e. The number of hydrogen-bond donors (Lipinski definition) is 1. The highest BCUT2D eigenvalue weighted by molar-refractivity contribution is 7.92. The fourth-order valence-corrected chi connectivity index (χ4v) is 6.40. The predicted octanol–water partition coefficient (Wildman–Crippen LogP) is 5.76. The van der Waals surface area contributed by atoms with E-state index in [0.29, 0.717) is 12.1 Å². The summed E-state index contributed by atoms with van der Waals surface area (Å²) in [6, 6.07) is 26.6. The van der Waals surface area contributed by atoms with E-state index in [2.05, 4.69) is 5.32 Å². The molecule has 0 bridgehead atoms. The van der Waals surface area contributed by atoms with Gasteiger partial charge in [0.15, 0.2) is 0 Å². The standard InChI is InChI=1S/C33H33ClFN3O4S/c1-3-36-33(40)31(20-25-12-6-4-7-13-25)37(22-26-14-10-11-17-29(26)35)32(39)23-38(30-21-27(34)19-18-24(30)2)43(41,42)28-15-8-5-9-16-28/h4-19,21,31H,3,20,22-23H2,1-2H3,(H,36,40)/t31-/m1/s1. The number of sulfonamides is 1. The lowest BCUT2D eigenvalue weighted by Gasteiger charge is -2.34. The Morgan fingerprint density at radius 3 is 2.19 bits per heavy atom. The maximum absolute atomic E-state index is 14.9. The molecule has 10 heteroatoms. The Morgan fingerprint density at radius 1 is 0.907 bits per heavy atom. The van der Waals surface area contributed by atoms with Crippen molar-refractivity contribution in [3.63, 3.8) is 0 Å². The number of anilines is 1. The summed E-state index contributed by atoms with van der Waals surface area (Å²) in [5.74, 6) is -1.67. The summed E-state index contributed by atoms with van der Waals surface area (Å²) in [5.41, 5.74) is 1.76. The van der Waals surface area contributed by atoms with E-state index in [4.69, 9.17) is 11.6 Å². The molecule has 0 unspecified atom stereocenters. The number of carbonyl (C=O) groups excluding carboxylic acids is 2. The fraction of sp³-hybridized carbons (Fsp3) is 0.212. The Labute approximate surface area is 257 Å². The van der Waals surface area contributed by atoms with E-state index < -0.39 is 40.2 Å². The van der Waals surface area contributed by atoms with E-state index >= 15 is 0 Å². The van der Waals surface area contributed by atoms with E-state index in [-0.39, 0.29) is 34.1 Å². The van der Waals surface area contributed by atoms with Crippen molar-refractivity contribution in [2.75, 3.05) is 17.4 Å². The number of rotatable bonds is 12. The van der Waals surface area contributed by atoms with Crippen molar-refractivity contribution in [3.8, 4) is 0 Å². The van der Waals surface area contributed by atoms with Crippen molar-refractivity contribution in [1.29, 1.82) is 0 Å². The van der Waals surface area contributed by atoms with Crippen LogP contribution in [0.3, 0.4) is 0 Å². The third-order valence-electron chi connectivity index (χ3n) is 6.97. The first-order valence-corrected chi connectivity index (χ1v) is 15.6. The van der Waals surface area contributed by atoms with Gasteiger partial charge in [0.05, 0.1) is 10.6 Å². The van der Waals surface area contributed by atoms with Crippen molar-refractivity contribution in [1.82, 2.24) is 10.2 Å². The van der Waals surface area contributed by atoms with Crippen LogP contribution in [0.15, 0.2) is 108 Å². The number of nitrogens with one attached hydrogen (secondary N) is 1. The first-order chi connectivity index (χ1) is 20.6. The molecule has 0 aliphatic rings. The zero-order valence-electron chi connectivity index (χ0n) is 23.9. The van der Waals surface area contributed by atoms with Crippen molar-refractivity contribution < 1.29 is 22.4 Å². The highest BCUT2D eigenvalue weighted by Crippen LogP contribution is 2.30. The Balaban J connectivity index is 1.83. The number of carbonyl (C=O) groups is 2. The first-order valence-electron chi connectivity index (χ1n) is 13.8. The van der Waals surface area contributed by atoms with Crippen LogP contribution in [0.25, 0.3) is 0 Å². The highest BCUT2D eigenvalue weighted by Gasteiger charge is 2.35. The van der Waals surface area contributed by atoms with Gasteiger partial charge in [0.2, 0.25) is 11.8 Å². The Hall–Kier alpha value is -4.21. The van der Waals surface area contributed by atoms with E-state index in [1.807, 2.05) is 30.3 Å². The maximum atomic E-state index is 14.9. The highest BCUT2D eigenvalue weighted by atomic mass is 35.5. The number of amides is 2. The summed E-state index contributed by atoms with van der Waals surface area (Å²) >= 11 is 6.29. The monoisotopic (exact) mass is 621 g/mol. The summed E-state index contributed by atoms with van der Waals surface area (Å²) < 4.78 is 44.0. The van der Waals surface area contributed by atoms with Gasteiger partial charge >= 0.3 is 0 Å². The van der Waals surface area contributed by atoms with Crippen molar-refractivity contribution in [3.05, 3.63) is 131 Å². The van der Waals surface area contributed by atoms with Gasteiger partial charge in [0.25, 0.3) is 10.0 Å². The molecule has 7 nitrogen and oxygen atoms in total. The summed E-state index contributed by atoms with van der Waals surface area (Å²) in [6.07, 6.45) is 0.133. The minimum absolute atomic E-state index is 0.0209. The number of nitrogens with zero attached hydrogens (tertiary/aromatic N) is 2. The lowest BCUT2D eigenvalue weighted by molar-refractivity contribution is -0.140. The molecule has 4 aromatic rings. The van der Waals surface area contributed by atoms with Gasteiger partial charge in [-0.05, 0) is 55.3 Å². The number of likely N-dealkylation sites (N-methyl/N-ethyl adjacent to an activating group) is 1. The van der Waals surface area contributed by atoms with Crippen molar-refractivity contribution in [2.24, 2.45) is 0 Å². The molecule has 1 N–H and O–H groups in total. The van der Waals surface area contributed by atoms with Crippen LogP contribution >= 0.6 is 11.6 Å². The molecule has 0 saturated carbocycles. The van der Waals surface area contributed by atoms with E-state index in [1.165, 1.54) is 41.3 Å². The van der Waals surface area contributed by atoms with Gasteiger partial charge in [0.1, 0.15) is 18.4 Å². The first kappa shape index (κ1) is 31.7. The number of benzene rings is 4. The van der Waals surface area contributed by atoms with Gasteiger partial charge < -0.3 is 10.2 Å². The average molecular weight is 622 g/mol. The van der Waals surface area contributed by atoms with Crippen molar-refractivity contribution in [2.45, 2.75) is 37.8 Å². The van der Waals surface area contributed by atoms with Gasteiger partial charge in [-0.3, -0.25) is 13.9 Å². The number of hydrogen-bond acceptors (Lipinski definition) is 4. The average Bonchev–Trinajstić information content (AvgIpc) is 3.00. The van der Waals surface area contributed by atoms with Crippen molar-refractivity contribution >= 4 is 39.1 Å². The molecule has 2 amide bonds.